The third kappa shape index (κ3) is 3.89. The fraction of sp³-hybridized carbons (Fsp3) is 0.250. The maximum Gasteiger partial charge on any atom is 0.371 e. The molecule has 0 saturated heterocycles. The van der Waals surface area contributed by atoms with Crippen molar-refractivity contribution in [1.29, 1.82) is 0 Å². The highest BCUT2D eigenvalue weighted by Gasteiger charge is 2.08. The molecule has 1 aromatic rings. The minimum absolute atomic E-state index is 0.0701. The maximum atomic E-state index is 11.5. The number of aromatic carboxylic acids is 1. The summed E-state index contributed by atoms with van der Waals surface area (Å²) in [5.74, 6) is -2.38. The fourth-order valence-electron chi connectivity index (χ4n) is 1.08. The lowest BCUT2D eigenvalue weighted by Crippen LogP contribution is -2.10. The quantitative estimate of drug-likeness (QED) is 0.641. The van der Waals surface area contributed by atoms with E-state index < -0.39 is 23.1 Å². The van der Waals surface area contributed by atoms with Crippen LogP contribution in [0.25, 0.3) is 6.08 Å². The molecule has 0 aliphatic carbocycles. The van der Waals surface area contributed by atoms with Crippen molar-refractivity contribution in [3.63, 3.8) is 0 Å². The molecule has 18 heavy (non-hydrogen) atoms. The van der Waals surface area contributed by atoms with E-state index in [4.69, 9.17) is 14.3 Å². The number of esters is 1. The van der Waals surface area contributed by atoms with Crippen molar-refractivity contribution >= 4 is 18.0 Å². The molecule has 0 aromatic carbocycles. The molecule has 0 aliphatic heterocycles. The molecule has 0 spiro atoms. The lowest BCUT2D eigenvalue weighted by molar-refractivity contribution is -0.141. The van der Waals surface area contributed by atoms with E-state index in [-0.39, 0.29) is 11.7 Å². The standard InChI is InChI=1S/C12H12O6/c1-7(2)18-11(14)4-3-8-6-17-10(12(15)16)5-9(8)13/h3-7H,1-2H3,(H,15,16)/b4-3+. The maximum absolute atomic E-state index is 11.5. The second-order valence-corrected chi connectivity index (χ2v) is 3.69. The van der Waals surface area contributed by atoms with Gasteiger partial charge in [0.15, 0.2) is 5.43 Å². The van der Waals surface area contributed by atoms with Gasteiger partial charge in [-0.25, -0.2) is 9.59 Å². The zero-order valence-electron chi connectivity index (χ0n) is 9.88. The van der Waals surface area contributed by atoms with Gasteiger partial charge in [-0.2, -0.15) is 0 Å². The van der Waals surface area contributed by atoms with E-state index in [1.807, 2.05) is 0 Å². The minimum atomic E-state index is -1.33. The first kappa shape index (κ1) is 13.7. The number of carbonyl (C=O) groups excluding carboxylic acids is 1. The lowest BCUT2D eigenvalue weighted by Gasteiger charge is -2.03. The van der Waals surface area contributed by atoms with Crippen LogP contribution in [0.3, 0.4) is 0 Å². The van der Waals surface area contributed by atoms with Gasteiger partial charge < -0.3 is 14.3 Å². The molecule has 6 nitrogen and oxygen atoms in total. The minimum Gasteiger partial charge on any atom is -0.475 e. The molecule has 1 aromatic heterocycles. The Kier molecular flexibility index (Phi) is 4.42. The molecular weight excluding hydrogens is 240 g/mol. The van der Waals surface area contributed by atoms with Crippen molar-refractivity contribution in [3.05, 3.63) is 40.0 Å². The number of ether oxygens (including phenoxy) is 1. The van der Waals surface area contributed by atoms with Crippen LogP contribution in [0.15, 0.2) is 27.6 Å². The van der Waals surface area contributed by atoms with Crippen molar-refractivity contribution in [2.24, 2.45) is 0 Å². The smallest absolute Gasteiger partial charge is 0.371 e. The first-order valence-electron chi connectivity index (χ1n) is 5.15. The molecule has 0 saturated carbocycles. The molecule has 1 rings (SSSR count). The van der Waals surface area contributed by atoms with Gasteiger partial charge in [0.2, 0.25) is 5.76 Å². The van der Waals surface area contributed by atoms with Gasteiger partial charge in [0.05, 0.1) is 11.7 Å². The molecule has 1 heterocycles. The first-order chi connectivity index (χ1) is 8.40. The van der Waals surface area contributed by atoms with Crippen LogP contribution < -0.4 is 5.43 Å². The van der Waals surface area contributed by atoms with Gasteiger partial charge in [-0.05, 0) is 19.9 Å². The Morgan fingerprint density at radius 3 is 2.61 bits per heavy atom. The van der Waals surface area contributed by atoms with Gasteiger partial charge in [-0.3, -0.25) is 4.79 Å². The molecular formula is C12H12O6. The number of carbonyl (C=O) groups is 2. The van der Waals surface area contributed by atoms with Gasteiger partial charge in [-0.15, -0.1) is 0 Å². The molecule has 0 unspecified atom stereocenters. The molecule has 96 valence electrons. The average molecular weight is 252 g/mol. The van der Waals surface area contributed by atoms with Crippen LogP contribution in [0, 0.1) is 0 Å². The Morgan fingerprint density at radius 2 is 2.11 bits per heavy atom. The average Bonchev–Trinajstić information content (AvgIpc) is 2.26. The van der Waals surface area contributed by atoms with E-state index in [9.17, 15) is 14.4 Å². The highest BCUT2D eigenvalue weighted by atomic mass is 16.5. The Bertz CT molecular complexity index is 538. The van der Waals surface area contributed by atoms with Crippen molar-refractivity contribution < 1.29 is 23.8 Å². The zero-order chi connectivity index (χ0) is 13.7. The number of hydrogen-bond acceptors (Lipinski definition) is 5. The summed E-state index contributed by atoms with van der Waals surface area (Å²) in [7, 11) is 0. The van der Waals surface area contributed by atoms with Crippen molar-refractivity contribution in [3.8, 4) is 0 Å². The summed E-state index contributed by atoms with van der Waals surface area (Å²) in [6.07, 6.45) is 3.01. The highest BCUT2D eigenvalue weighted by molar-refractivity contribution is 5.87. The van der Waals surface area contributed by atoms with E-state index in [0.717, 1.165) is 18.4 Å². The first-order valence-corrected chi connectivity index (χ1v) is 5.15. The van der Waals surface area contributed by atoms with E-state index in [0.29, 0.717) is 0 Å². The number of rotatable bonds is 4. The Labute approximate surface area is 102 Å². The van der Waals surface area contributed by atoms with Crippen LogP contribution in [-0.4, -0.2) is 23.1 Å². The van der Waals surface area contributed by atoms with Crippen LogP contribution in [0.2, 0.25) is 0 Å². The van der Waals surface area contributed by atoms with Crippen molar-refractivity contribution in [2.45, 2.75) is 20.0 Å². The monoisotopic (exact) mass is 252 g/mol. The van der Waals surface area contributed by atoms with Gasteiger partial charge in [-0.1, -0.05) is 0 Å². The number of carboxylic acids is 1. The third-order valence-electron chi connectivity index (χ3n) is 1.82. The van der Waals surface area contributed by atoms with Gasteiger partial charge in [0.1, 0.15) is 6.26 Å². The summed E-state index contributed by atoms with van der Waals surface area (Å²) in [5.41, 5.74) is -0.479. The number of carboxylic acid groups (broad SMARTS) is 1. The van der Waals surface area contributed by atoms with Crippen molar-refractivity contribution in [2.75, 3.05) is 0 Å². The van der Waals surface area contributed by atoms with Crippen LogP contribution in [0.4, 0.5) is 0 Å². The third-order valence-corrected chi connectivity index (χ3v) is 1.82. The predicted octanol–water partition coefficient (Wildman–Crippen LogP) is 1.30. The highest BCUT2D eigenvalue weighted by Crippen LogP contribution is 2.01. The molecule has 6 heteroatoms. The van der Waals surface area contributed by atoms with E-state index in [2.05, 4.69) is 0 Å². The Morgan fingerprint density at radius 1 is 1.44 bits per heavy atom. The lowest BCUT2D eigenvalue weighted by atomic mass is 10.2. The molecule has 0 atom stereocenters. The van der Waals surface area contributed by atoms with Gasteiger partial charge >= 0.3 is 11.9 Å². The SMILES string of the molecule is CC(C)OC(=O)/C=C/c1coc(C(=O)O)cc1=O. The van der Waals surface area contributed by atoms with E-state index in [1.54, 1.807) is 13.8 Å². The summed E-state index contributed by atoms with van der Waals surface area (Å²) in [6, 6.07) is 0.843. The largest absolute Gasteiger partial charge is 0.475 e. The van der Waals surface area contributed by atoms with Crippen LogP contribution in [0.5, 0.6) is 0 Å². The Hall–Kier alpha value is -2.37. The van der Waals surface area contributed by atoms with Crippen molar-refractivity contribution in [1.82, 2.24) is 0 Å². The van der Waals surface area contributed by atoms with Crippen LogP contribution in [0.1, 0.15) is 30.0 Å². The summed E-state index contributed by atoms with van der Waals surface area (Å²) < 4.78 is 9.53. The zero-order valence-corrected chi connectivity index (χ0v) is 9.88. The Balaban J connectivity index is 2.86. The summed E-state index contributed by atoms with van der Waals surface area (Å²) >= 11 is 0. The van der Waals surface area contributed by atoms with E-state index in [1.165, 1.54) is 6.08 Å². The van der Waals surface area contributed by atoms with E-state index >= 15 is 0 Å². The fourth-order valence-corrected chi connectivity index (χ4v) is 1.08. The predicted molar refractivity (Wildman–Crippen MR) is 62.2 cm³/mol. The molecule has 0 fully saturated rings. The molecule has 0 bridgehead atoms. The number of hydrogen-bond donors (Lipinski definition) is 1. The second-order valence-electron chi connectivity index (χ2n) is 3.69. The molecule has 1 N–H and O–H groups in total. The summed E-state index contributed by atoms with van der Waals surface area (Å²) in [4.78, 5) is 33.2. The topological polar surface area (TPSA) is 93.8 Å². The van der Waals surface area contributed by atoms with Crippen LogP contribution >= 0.6 is 0 Å². The normalized spacial score (nSPS) is 10.8. The molecule has 0 aliphatic rings. The molecule has 0 amide bonds. The van der Waals surface area contributed by atoms with Gasteiger partial charge in [0, 0.05) is 12.1 Å². The molecule has 0 radical (unpaired) electrons. The van der Waals surface area contributed by atoms with Crippen LogP contribution in [-0.2, 0) is 9.53 Å². The van der Waals surface area contributed by atoms with Gasteiger partial charge in [0.25, 0.3) is 0 Å². The summed E-state index contributed by atoms with van der Waals surface area (Å²) in [5, 5.41) is 8.59. The summed E-state index contributed by atoms with van der Waals surface area (Å²) in [6.45, 7) is 3.39. The second kappa shape index (κ2) is 5.81.